The van der Waals surface area contributed by atoms with Crippen LogP contribution in [0.2, 0.25) is 0 Å². The van der Waals surface area contributed by atoms with Gasteiger partial charge >= 0.3 is 6.18 Å². The summed E-state index contributed by atoms with van der Waals surface area (Å²) in [5, 5.41) is 2.99. The van der Waals surface area contributed by atoms with Crippen molar-refractivity contribution < 1.29 is 22.6 Å². The zero-order valence-corrected chi connectivity index (χ0v) is 15.2. The van der Waals surface area contributed by atoms with Gasteiger partial charge in [0.15, 0.2) is 0 Å². The van der Waals surface area contributed by atoms with Crippen molar-refractivity contribution in [3.05, 3.63) is 77.6 Å². The van der Waals surface area contributed by atoms with Crippen LogP contribution in [0.5, 0.6) is 11.5 Å². The topological polar surface area (TPSA) is 56.3 Å². The lowest BCUT2D eigenvalue weighted by Crippen LogP contribution is -2.17. The highest BCUT2D eigenvalue weighted by Crippen LogP contribution is 2.31. The number of benzene rings is 2. The second-order valence-corrected chi connectivity index (χ2v) is 5.89. The quantitative estimate of drug-likeness (QED) is 0.662. The lowest BCUT2D eigenvalue weighted by molar-refractivity contribution is -0.141. The van der Waals surface area contributed by atoms with Gasteiger partial charge in [-0.25, -0.2) is 9.97 Å². The van der Waals surface area contributed by atoms with Crippen LogP contribution in [0, 0.1) is 0 Å². The van der Waals surface area contributed by atoms with Crippen molar-refractivity contribution in [1.29, 1.82) is 0 Å². The van der Waals surface area contributed by atoms with Crippen molar-refractivity contribution in [1.82, 2.24) is 9.97 Å². The van der Waals surface area contributed by atoms with E-state index in [-0.39, 0.29) is 5.95 Å². The van der Waals surface area contributed by atoms with Gasteiger partial charge in [0, 0.05) is 6.20 Å². The monoisotopic (exact) mass is 389 g/mol. The van der Waals surface area contributed by atoms with Crippen LogP contribution in [0.15, 0.2) is 60.8 Å². The minimum Gasteiger partial charge on any atom is -0.497 e. The maximum absolute atomic E-state index is 13.0. The molecule has 0 unspecified atom stereocenters. The molecule has 146 valence electrons. The van der Waals surface area contributed by atoms with E-state index in [4.69, 9.17) is 9.47 Å². The number of methoxy groups -OCH3 is 2. The zero-order valence-electron chi connectivity index (χ0n) is 15.2. The van der Waals surface area contributed by atoms with Gasteiger partial charge in [-0.1, -0.05) is 24.3 Å². The third-order valence-electron chi connectivity index (χ3n) is 4.07. The van der Waals surface area contributed by atoms with Gasteiger partial charge in [0.2, 0.25) is 5.95 Å². The number of anilines is 1. The first-order valence-corrected chi connectivity index (χ1v) is 8.35. The van der Waals surface area contributed by atoms with Crippen molar-refractivity contribution in [3.8, 4) is 11.5 Å². The molecule has 0 bridgehead atoms. The number of hydrogen-bond donors (Lipinski definition) is 1. The van der Waals surface area contributed by atoms with E-state index in [0.717, 1.165) is 23.4 Å². The minimum absolute atomic E-state index is 0.134. The van der Waals surface area contributed by atoms with Gasteiger partial charge in [0.05, 0.1) is 20.3 Å². The summed E-state index contributed by atoms with van der Waals surface area (Å²) in [7, 11) is 3.09. The Labute approximate surface area is 160 Å². The Balaban J connectivity index is 2.03. The summed E-state index contributed by atoms with van der Waals surface area (Å²) in [6.45, 7) is 0. The van der Waals surface area contributed by atoms with Crippen molar-refractivity contribution >= 4 is 5.95 Å². The number of nitrogens with zero attached hydrogens (tertiary/aromatic N) is 2. The lowest BCUT2D eigenvalue weighted by atomic mass is 9.98. The maximum atomic E-state index is 13.0. The molecular formula is C20H18F3N3O2. The Morgan fingerprint density at radius 2 is 1.46 bits per heavy atom. The van der Waals surface area contributed by atoms with Crippen molar-refractivity contribution in [3.63, 3.8) is 0 Å². The van der Waals surface area contributed by atoms with E-state index in [0.29, 0.717) is 11.5 Å². The Morgan fingerprint density at radius 3 is 1.96 bits per heavy atom. The molecule has 0 saturated heterocycles. The second kappa shape index (κ2) is 8.16. The van der Waals surface area contributed by atoms with E-state index in [1.54, 1.807) is 50.6 Å². The Bertz CT molecular complexity index is 900. The molecular weight excluding hydrogens is 371 g/mol. The smallest absolute Gasteiger partial charge is 0.433 e. The Kier molecular flexibility index (Phi) is 5.67. The van der Waals surface area contributed by atoms with Crippen LogP contribution >= 0.6 is 0 Å². The molecule has 0 saturated carbocycles. The van der Waals surface area contributed by atoms with Crippen LogP contribution in [0.4, 0.5) is 19.1 Å². The molecule has 5 nitrogen and oxygen atoms in total. The minimum atomic E-state index is -4.55. The van der Waals surface area contributed by atoms with Gasteiger partial charge in [0.1, 0.15) is 17.2 Å². The third-order valence-corrected chi connectivity index (χ3v) is 4.07. The van der Waals surface area contributed by atoms with E-state index in [9.17, 15) is 13.2 Å². The average molecular weight is 389 g/mol. The van der Waals surface area contributed by atoms with E-state index in [1.165, 1.54) is 0 Å². The fourth-order valence-electron chi connectivity index (χ4n) is 2.72. The Hall–Kier alpha value is -3.29. The van der Waals surface area contributed by atoms with Gasteiger partial charge in [-0.2, -0.15) is 13.2 Å². The molecule has 0 amide bonds. The zero-order chi connectivity index (χ0) is 20.1. The number of aromatic nitrogens is 2. The average Bonchev–Trinajstić information content (AvgIpc) is 2.71. The molecule has 2 aromatic carbocycles. The highest BCUT2D eigenvalue weighted by molar-refractivity contribution is 5.45. The molecule has 1 N–H and O–H groups in total. The van der Waals surface area contributed by atoms with Gasteiger partial charge < -0.3 is 14.8 Å². The fourth-order valence-corrected chi connectivity index (χ4v) is 2.72. The molecule has 3 aromatic rings. The highest BCUT2D eigenvalue weighted by Gasteiger charge is 2.33. The van der Waals surface area contributed by atoms with Crippen LogP contribution < -0.4 is 14.8 Å². The summed E-state index contributed by atoms with van der Waals surface area (Å²) >= 11 is 0. The Morgan fingerprint density at radius 1 is 0.893 bits per heavy atom. The molecule has 0 atom stereocenters. The number of nitrogens with one attached hydrogen (secondary N) is 1. The first-order chi connectivity index (χ1) is 13.4. The SMILES string of the molecule is COc1cccc(C(Nc2nccc(C(F)(F)F)n2)c2cccc(OC)c2)c1. The first-order valence-electron chi connectivity index (χ1n) is 8.35. The van der Waals surface area contributed by atoms with Gasteiger partial charge in [-0.3, -0.25) is 0 Å². The summed E-state index contributed by atoms with van der Waals surface area (Å²) in [6, 6.07) is 14.8. The van der Waals surface area contributed by atoms with Crippen LogP contribution in [0.3, 0.4) is 0 Å². The predicted molar refractivity (Wildman–Crippen MR) is 98.5 cm³/mol. The van der Waals surface area contributed by atoms with Crippen molar-refractivity contribution in [2.45, 2.75) is 12.2 Å². The summed E-state index contributed by atoms with van der Waals surface area (Å²) in [6.07, 6.45) is -3.48. The predicted octanol–water partition coefficient (Wildman–Crippen LogP) is 4.71. The molecule has 1 heterocycles. The van der Waals surface area contributed by atoms with Crippen molar-refractivity contribution in [2.24, 2.45) is 0 Å². The van der Waals surface area contributed by atoms with Crippen LogP contribution in [0.1, 0.15) is 22.9 Å². The van der Waals surface area contributed by atoms with Crippen LogP contribution in [-0.2, 0) is 6.18 Å². The number of alkyl halides is 3. The first kappa shape index (κ1) is 19.5. The van der Waals surface area contributed by atoms with Crippen LogP contribution in [-0.4, -0.2) is 24.2 Å². The van der Waals surface area contributed by atoms with Crippen LogP contribution in [0.25, 0.3) is 0 Å². The molecule has 28 heavy (non-hydrogen) atoms. The molecule has 1 aromatic heterocycles. The van der Waals surface area contributed by atoms with E-state index < -0.39 is 17.9 Å². The number of rotatable bonds is 6. The standard InChI is InChI=1S/C20H18F3N3O2/c1-27-15-7-3-5-13(11-15)18(14-6-4-8-16(12-14)28-2)26-19-24-10-9-17(25-19)20(21,22)23/h3-12,18H,1-2H3,(H,24,25,26). The summed E-state index contributed by atoms with van der Waals surface area (Å²) in [5.74, 6) is 1.11. The molecule has 0 aliphatic heterocycles. The lowest BCUT2D eigenvalue weighted by Gasteiger charge is -2.21. The molecule has 0 fully saturated rings. The number of ether oxygens (including phenoxy) is 2. The highest BCUT2D eigenvalue weighted by atomic mass is 19.4. The summed E-state index contributed by atoms with van der Waals surface area (Å²) in [5.41, 5.74) is 0.530. The maximum Gasteiger partial charge on any atom is 0.433 e. The van der Waals surface area contributed by atoms with E-state index >= 15 is 0 Å². The molecule has 0 aliphatic carbocycles. The summed E-state index contributed by atoms with van der Waals surface area (Å²) in [4.78, 5) is 7.55. The number of halogens is 3. The second-order valence-electron chi connectivity index (χ2n) is 5.89. The normalized spacial score (nSPS) is 11.4. The van der Waals surface area contributed by atoms with E-state index in [1.807, 2.05) is 12.1 Å². The largest absolute Gasteiger partial charge is 0.497 e. The fraction of sp³-hybridized carbons (Fsp3) is 0.200. The molecule has 0 radical (unpaired) electrons. The third kappa shape index (κ3) is 4.51. The van der Waals surface area contributed by atoms with Gasteiger partial charge in [-0.05, 0) is 41.5 Å². The number of hydrogen-bond acceptors (Lipinski definition) is 5. The van der Waals surface area contributed by atoms with Gasteiger partial charge in [0.25, 0.3) is 0 Å². The van der Waals surface area contributed by atoms with Crippen molar-refractivity contribution in [2.75, 3.05) is 19.5 Å². The molecule has 0 spiro atoms. The molecule has 3 rings (SSSR count). The summed E-state index contributed by atoms with van der Waals surface area (Å²) < 4.78 is 49.5. The molecule has 0 aliphatic rings. The molecule has 8 heteroatoms. The van der Waals surface area contributed by atoms with Gasteiger partial charge in [-0.15, -0.1) is 0 Å². The van der Waals surface area contributed by atoms with E-state index in [2.05, 4.69) is 15.3 Å².